The molecule has 3 unspecified atom stereocenters. The fraction of sp³-hybridized carbons (Fsp3) is 0.667. The third-order valence-electron chi connectivity index (χ3n) is 4.77. The lowest BCUT2D eigenvalue weighted by atomic mass is 9.75. The molecule has 0 bridgehead atoms. The van der Waals surface area contributed by atoms with E-state index in [1.165, 1.54) is 31.2 Å². The lowest BCUT2D eigenvalue weighted by Gasteiger charge is -2.38. The SMILES string of the molecule is COc1ccc(C2CCC2NCCOC2CCCCO2)cc1. The van der Waals surface area contributed by atoms with Gasteiger partial charge in [0.25, 0.3) is 0 Å². The first-order valence-electron chi connectivity index (χ1n) is 8.47. The summed E-state index contributed by atoms with van der Waals surface area (Å²) in [6.07, 6.45) is 5.96. The van der Waals surface area contributed by atoms with Gasteiger partial charge in [-0.1, -0.05) is 12.1 Å². The van der Waals surface area contributed by atoms with Crippen molar-refractivity contribution in [1.82, 2.24) is 5.32 Å². The van der Waals surface area contributed by atoms with Crippen LogP contribution in [0.3, 0.4) is 0 Å². The minimum Gasteiger partial charge on any atom is -0.497 e. The monoisotopic (exact) mass is 305 g/mol. The van der Waals surface area contributed by atoms with Gasteiger partial charge in [-0.2, -0.15) is 0 Å². The molecule has 1 aromatic carbocycles. The highest BCUT2D eigenvalue weighted by Gasteiger charge is 2.31. The second-order valence-corrected chi connectivity index (χ2v) is 6.18. The number of rotatable bonds is 7. The highest BCUT2D eigenvalue weighted by Crippen LogP contribution is 2.37. The van der Waals surface area contributed by atoms with E-state index in [2.05, 4.69) is 17.4 Å². The van der Waals surface area contributed by atoms with Gasteiger partial charge in [-0.25, -0.2) is 0 Å². The second-order valence-electron chi connectivity index (χ2n) is 6.18. The molecular formula is C18H27NO3. The Morgan fingerprint density at radius 1 is 1.14 bits per heavy atom. The molecule has 1 heterocycles. The molecule has 0 spiro atoms. The molecule has 1 aliphatic carbocycles. The van der Waals surface area contributed by atoms with E-state index in [0.29, 0.717) is 12.0 Å². The van der Waals surface area contributed by atoms with Crippen molar-refractivity contribution in [1.29, 1.82) is 0 Å². The molecule has 1 saturated heterocycles. The highest BCUT2D eigenvalue weighted by atomic mass is 16.7. The van der Waals surface area contributed by atoms with E-state index in [9.17, 15) is 0 Å². The van der Waals surface area contributed by atoms with Crippen LogP contribution >= 0.6 is 0 Å². The van der Waals surface area contributed by atoms with E-state index >= 15 is 0 Å². The Balaban J connectivity index is 1.37. The van der Waals surface area contributed by atoms with E-state index in [4.69, 9.17) is 14.2 Å². The average Bonchev–Trinajstić information content (AvgIpc) is 2.55. The third-order valence-corrected chi connectivity index (χ3v) is 4.77. The summed E-state index contributed by atoms with van der Waals surface area (Å²) in [5.41, 5.74) is 1.40. The van der Waals surface area contributed by atoms with Crippen molar-refractivity contribution in [3.8, 4) is 5.75 Å². The van der Waals surface area contributed by atoms with Crippen molar-refractivity contribution in [2.45, 2.75) is 50.4 Å². The van der Waals surface area contributed by atoms with Gasteiger partial charge in [-0.15, -0.1) is 0 Å². The van der Waals surface area contributed by atoms with Crippen LogP contribution in [0.15, 0.2) is 24.3 Å². The maximum Gasteiger partial charge on any atom is 0.157 e. The van der Waals surface area contributed by atoms with Gasteiger partial charge in [0, 0.05) is 19.2 Å². The number of benzene rings is 1. The van der Waals surface area contributed by atoms with Crippen molar-refractivity contribution in [3.63, 3.8) is 0 Å². The molecule has 4 nitrogen and oxygen atoms in total. The lowest BCUT2D eigenvalue weighted by molar-refractivity contribution is -0.161. The zero-order chi connectivity index (χ0) is 15.2. The molecule has 2 fully saturated rings. The summed E-state index contributed by atoms with van der Waals surface area (Å²) in [4.78, 5) is 0. The van der Waals surface area contributed by atoms with Gasteiger partial charge < -0.3 is 19.5 Å². The van der Waals surface area contributed by atoms with Crippen LogP contribution in [0, 0.1) is 0 Å². The smallest absolute Gasteiger partial charge is 0.157 e. The molecular weight excluding hydrogens is 278 g/mol. The maximum atomic E-state index is 5.77. The number of hydrogen-bond acceptors (Lipinski definition) is 4. The molecule has 3 rings (SSSR count). The van der Waals surface area contributed by atoms with Gasteiger partial charge in [0.2, 0.25) is 0 Å². The van der Waals surface area contributed by atoms with Crippen molar-refractivity contribution in [2.75, 3.05) is 26.9 Å². The Morgan fingerprint density at radius 3 is 2.64 bits per heavy atom. The first-order chi connectivity index (χ1) is 10.9. The van der Waals surface area contributed by atoms with Crippen LogP contribution in [-0.4, -0.2) is 39.2 Å². The first kappa shape index (κ1) is 15.8. The number of hydrogen-bond donors (Lipinski definition) is 1. The Bertz CT molecular complexity index is 442. The van der Waals surface area contributed by atoms with Gasteiger partial charge in [0.05, 0.1) is 13.7 Å². The van der Waals surface area contributed by atoms with Crippen LogP contribution in [0.5, 0.6) is 5.75 Å². The Hall–Kier alpha value is -1.10. The summed E-state index contributed by atoms with van der Waals surface area (Å²) in [5.74, 6) is 1.55. The van der Waals surface area contributed by atoms with Crippen molar-refractivity contribution >= 4 is 0 Å². The molecule has 0 aromatic heterocycles. The van der Waals surface area contributed by atoms with Crippen LogP contribution in [-0.2, 0) is 9.47 Å². The molecule has 3 atom stereocenters. The number of methoxy groups -OCH3 is 1. The summed E-state index contributed by atoms with van der Waals surface area (Å²) in [6.45, 7) is 2.48. The summed E-state index contributed by atoms with van der Waals surface area (Å²) < 4.78 is 16.6. The molecule has 1 saturated carbocycles. The van der Waals surface area contributed by atoms with Gasteiger partial charge in [0.1, 0.15) is 5.75 Å². The molecule has 0 amide bonds. The molecule has 122 valence electrons. The second kappa shape index (κ2) is 7.95. The zero-order valence-corrected chi connectivity index (χ0v) is 13.4. The van der Waals surface area contributed by atoms with Crippen LogP contribution in [0.4, 0.5) is 0 Å². The van der Waals surface area contributed by atoms with Crippen molar-refractivity contribution < 1.29 is 14.2 Å². The topological polar surface area (TPSA) is 39.7 Å². The fourth-order valence-electron chi connectivity index (χ4n) is 3.27. The van der Waals surface area contributed by atoms with E-state index < -0.39 is 0 Å². The molecule has 0 radical (unpaired) electrons. The fourth-order valence-corrected chi connectivity index (χ4v) is 3.27. The zero-order valence-electron chi connectivity index (χ0n) is 13.4. The number of nitrogens with one attached hydrogen (secondary N) is 1. The van der Waals surface area contributed by atoms with Gasteiger partial charge >= 0.3 is 0 Å². The predicted octanol–water partition coefficient (Wildman–Crippen LogP) is 3.07. The number of ether oxygens (including phenoxy) is 3. The quantitative estimate of drug-likeness (QED) is 0.786. The predicted molar refractivity (Wildman–Crippen MR) is 86.3 cm³/mol. The average molecular weight is 305 g/mol. The van der Waals surface area contributed by atoms with E-state index in [1.54, 1.807) is 7.11 Å². The summed E-state index contributed by atoms with van der Waals surface area (Å²) in [7, 11) is 1.71. The standard InChI is InChI=1S/C18H27NO3/c1-20-15-7-5-14(6-8-15)16-9-10-17(16)19-11-13-22-18-4-2-3-12-21-18/h5-8,16-19H,2-4,9-13H2,1H3. The van der Waals surface area contributed by atoms with Crippen LogP contribution < -0.4 is 10.1 Å². The molecule has 2 aliphatic rings. The summed E-state index contributed by atoms with van der Waals surface area (Å²) in [6, 6.07) is 9.04. The van der Waals surface area contributed by atoms with Crippen LogP contribution in [0.25, 0.3) is 0 Å². The van der Waals surface area contributed by atoms with Gasteiger partial charge in [-0.05, 0) is 55.7 Å². The Labute approximate surface area is 133 Å². The third kappa shape index (κ3) is 4.00. The molecule has 22 heavy (non-hydrogen) atoms. The Kier molecular flexibility index (Phi) is 5.70. The Morgan fingerprint density at radius 2 is 2.00 bits per heavy atom. The highest BCUT2D eigenvalue weighted by molar-refractivity contribution is 5.31. The minimum atomic E-state index is 0.0225. The maximum absolute atomic E-state index is 5.77. The largest absolute Gasteiger partial charge is 0.497 e. The normalized spacial score (nSPS) is 28.1. The molecule has 1 N–H and O–H groups in total. The van der Waals surface area contributed by atoms with Crippen LogP contribution in [0.1, 0.15) is 43.6 Å². The molecule has 1 aromatic rings. The molecule has 1 aliphatic heterocycles. The van der Waals surface area contributed by atoms with Crippen molar-refractivity contribution in [2.24, 2.45) is 0 Å². The first-order valence-corrected chi connectivity index (χ1v) is 8.47. The molecule has 4 heteroatoms. The van der Waals surface area contributed by atoms with E-state index in [-0.39, 0.29) is 6.29 Å². The van der Waals surface area contributed by atoms with Crippen LogP contribution in [0.2, 0.25) is 0 Å². The minimum absolute atomic E-state index is 0.0225. The summed E-state index contributed by atoms with van der Waals surface area (Å²) >= 11 is 0. The lowest BCUT2D eigenvalue weighted by Crippen LogP contribution is -2.44. The van der Waals surface area contributed by atoms with Gasteiger partial charge in [-0.3, -0.25) is 0 Å². The van der Waals surface area contributed by atoms with Gasteiger partial charge in [0.15, 0.2) is 6.29 Å². The van der Waals surface area contributed by atoms with Crippen molar-refractivity contribution in [3.05, 3.63) is 29.8 Å². The van der Waals surface area contributed by atoms with E-state index in [0.717, 1.165) is 31.9 Å². The summed E-state index contributed by atoms with van der Waals surface area (Å²) in [5, 5.41) is 3.62. The van der Waals surface area contributed by atoms with E-state index in [1.807, 2.05) is 12.1 Å².